The summed E-state index contributed by atoms with van der Waals surface area (Å²) in [7, 11) is 1.60. The molecule has 0 atom stereocenters. The number of hydrogen-bond acceptors (Lipinski definition) is 3. The van der Waals surface area contributed by atoms with Crippen LogP contribution in [0.15, 0.2) is 30.3 Å². The van der Waals surface area contributed by atoms with Gasteiger partial charge in [0.1, 0.15) is 6.61 Å². The molecule has 0 bridgehead atoms. The average Bonchev–Trinajstić information content (AvgIpc) is 2.65. The molecule has 2 aromatic rings. The van der Waals surface area contributed by atoms with E-state index >= 15 is 0 Å². The number of benzene rings is 2. The molecule has 0 aliphatic carbocycles. The summed E-state index contributed by atoms with van der Waals surface area (Å²) in [5.41, 5.74) is 1.77. The Morgan fingerprint density at radius 1 is 0.963 bits per heavy atom. The van der Waals surface area contributed by atoms with Crippen LogP contribution in [0.3, 0.4) is 0 Å². The zero-order valence-electron chi connectivity index (χ0n) is 15.8. The third-order valence-electron chi connectivity index (χ3n) is 4.25. The molecule has 0 aliphatic rings. The maximum absolute atomic E-state index is 6.44. The fraction of sp³-hybridized carbons (Fsp3) is 0.429. The number of hydrogen-bond donors (Lipinski definition) is 1. The van der Waals surface area contributed by atoms with Gasteiger partial charge in [0.15, 0.2) is 11.5 Å². The molecule has 0 radical (unpaired) electrons. The van der Waals surface area contributed by atoms with Crippen molar-refractivity contribution in [1.82, 2.24) is 5.32 Å². The van der Waals surface area contributed by atoms with Gasteiger partial charge in [-0.15, -0.1) is 0 Å². The van der Waals surface area contributed by atoms with E-state index in [9.17, 15) is 0 Å². The van der Waals surface area contributed by atoms with Gasteiger partial charge in [-0.2, -0.15) is 0 Å². The molecule has 0 heterocycles. The molecule has 2 rings (SSSR count). The van der Waals surface area contributed by atoms with Gasteiger partial charge in [0.25, 0.3) is 0 Å². The summed E-state index contributed by atoms with van der Waals surface area (Å²) in [5, 5.41) is 5.06. The van der Waals surface area contributed by atoms with Gasteiger partial charge in [-0.1, -0.05) is 67.1 Å². The van der Waals surface area contributed by atoms with Crippen LogP contribution in [0.2, 0.25) is 15.1 Å². The van der Waals surface area contributed by atoms with Crippen molar-refractivity contribution in [3.8, 4) is 11.5 Å². The van der Waals surface area contributed by atoms with E-state index in [-0.39, 0.29) is 6.61 Å². The largest absolute Gasteiger partial charge is 0.493 e. The summed E-state index contributed by atoms with van der Waals surface area (Å²) >= 11 is 18.8. The number of unbranched alkanes of at least 4 members (excludes halogenated alkanes) is 3. The van der Waals surface area contributed by atoms with Crippen LogP contribution < -0.4 is 14.8 Å². The highest BCUT2D eigenvalue weighted by Gasteiger charge is 2.14. The molecular weight excluding hydrogens is 405 g/mol. The van der Waals surface area contributed by atoms with Gasteiger partial charge in [0.05, 0.1) is 12.1 Å². The lowest BCUT2D eigenvalue weighted by molar-refractivity contribution is 0.284. The zero-order chi connectivity index (χ0) is 19.6. The predicted molar refractivity (Wildman–Crippen MR) is 115 cm³/mol. The topological polar surface area (TPSA) is 30.5 Å². The molecule has 0 aromatic heterocycles. The third-order valence-corrected chi connectivity index (χ3v) is 5.24. The second-order valence-corrected chi connectivity index (χ2v) is 7.56. The molecule has 0 amide bonds. The van der Waals surface area contributed by atoms with E-state index in [2.05, 4.69) is 12.2 Å². The van der Waals surface area contributed by atoms with E-state index in [0.717, 1.165) is 24.2 Å². The fourth-order valence-electron chi connectivity index (χ4n) is 2.74. The first kappa shape index (κ1) is 22.2. The third kappa shape index (κ3) is 6.76. The van der Waals surface area contributed by atoms with Gasteiger partial charge in [-0.25, -0.2) is 0 Å². The highest BCUT2D eigenvalue weighted by Crippen LogP contribution is 2.38. The quantitative estimate of drug-likeness (QED) is 0.393. The van der Waals surface area contributed by atoms with Gasteiger partial charge < -0.3 is 14.8 Å². The Bertz CT molecular complexity index is 717. The molecule has 0 unspecified atom stereocenters. The Morgan fingerprint density at radius 3 is 2.37 bits per heavy atom. The lowest BCUT2D eigenvalue weighted by atomic mass is 10.1. The predicted octanol–water partition coefficient (Wildman–Crippen LogP) is 6.90. The van der Waals surface area contributed by atoms with Crippen molar-refractivity contribution in [3.63, 3.8) is 0 Å². The van der Waals surface area contributed by atoms with Crippen molar-refractivity contribution in [2.45, 2.75) is 45.8 Å². The Balaban J connectivity index is 2.01. The maximum Gasteiger partial charge on any atom is 0.180 e. The van der Waals surface area contributed by atoms with Crippen molar-refractivity contribution >= 4 is 34.8 Å². The molecule has 0 saturated heterocycles. The van der Waals surface area contributed by atoms with E-state index in [4.69, 9.17) is 44.3 Å². The summed E-state index contributed by atoms with van der Waals surface area (Å²) in [4.78, 5) is 0. The van der Waals surface area contributed by atoms with Crippen LogP contribution in [0.4, 0.5) is 0 Å². The lowest BCUT2D eigenvalue weighted by Crippen LogP contribution is -2.14. The molecule has 3 nitrogen and oxygen atoms in total. The number of nitrogens with one attached hydrogen (secondary N) is 1. The van der Waals surface area contributed by atoms with Gasteiger partial charge in [-0.3, -0.25) is 0 Å². The minimum atomic E-state index is 0.212. The summed E-state index contributed by atoms with van der Waals surface area (Å²) < 4.78 is 11.4. The van der Waals surface area contributed by atoms with Crippen molar-refractivity contribution in [1.29, 1.82) is 0 Å². The van der Waals surface area contributed by atoms with E-state index in [1.807, 2.05) is 12.1 Å². The van der Waals surface area contributed by atoms with Crippen molar-refractivity contribution in [3.05, 3.63) is 56.5 Å². The van der Waals surface area contributed by atoms with Gasteiger partial charge in [0, 0.05) is 22.2 Å². The van der Waals surface area contributed by atoms with Gasteiger partial charge >= 0.3 is 0 Å². The summed E-state index contributed by atoms with van der Waals surface area (Å²) in [6.07, 6.45) is 4.96. The van der Waals surface area contributed by atoms with Crippen molar-refractivity contribution in [2.24, 2.45) is 0 Å². The smallest absolute Gasteiger partial charge is 0.180 e. The molecule has 148 valence electrons. The number of halogens is 3. The lowest BCUT2D eigenvalue weighted by Gasteiger charge is -2.15. The highest BCUT2D eigenvalue weighted by molar-refractivity contribution is 6.36. The zero-order valence-corrected chi connectivity index (χ0v) is 18.1. The van der Waals surface area contributed by atoms with Gasteiger partial charge in [0.2, 0.25) is 0 Å². The first-order valence-electron chi connectivity index (χ1n) is 9.19. The van der Waals surface area contributed by atoms with Crippen LogP contribution in [0, 0.1) is 0 Å². The maximum atomic E-state index is 6.44. The molecule has 27 heavy (non-hydrogen) atoms. The fourth-order valence-corrected chi connectivity index (χ4v) is 3.53. The van der Waals surface area contributed by atoms with E-state index in [0.29, 0.717) is 26.6 Å². The normalized spacial score (nSPS) is 10.9. The highest BCUT2D eigenvalue weighted by atomic mass is 35.5. The Morgan fingerprint density at radius 2 is 1.70 bits per heavy atom. The van der Waals surface area contributed by atoms with Crippen LogP contribution >= 0.6 is 34.8 Å². The minimum absolute atomic E-state index is 0.212. The Kier molecular flexibility index (Phi) is 9.57. The van der Waals surface area contributed by atoms with Crippen LogP contribution in [0.1, 0.15) is 43.7 Å². The van der Waals surface area contributed by atoms with Crippen molar-refractivity contribution < 1.29 is 9.47 Å². The number of rotatable bonds is 11. The average molecular weight is 431 g/mol. The number of ether oxygens (including phenoxy) is 2. The molecule has 0 spiro atoms. The van der Waals surface area contributed by atoms with Gasteiger partial charge in [-0.05, 0) is 42.8 Å². The summed E-state index contributed by atoms with van der Waals surface area (Å²) in [6.45, 7) is 4.15. The molecule has 6 heteroatoms. The monoisotopic (exact) mass is 429 g/mol. The van der Waals surface area contributed by atoms with E-state index in [1.54, 1.807) is 25.3 Å². The number of methoxy groups -OCH3 is 1. The SMILES string of the molecule is CCCCCCNCc1cc(Cl)c(OCc2c(Cl)cccc2Cl)c(OC)c1. The molecule has 2 aromatic carbocycles. The molecule has 1 N–H and O–H groups in total. The second kappa shape index (κ2) is 11.7. The minimum Gasteiger partial charge on any atom is -0.493 e. The first-order chi connectivity index (χ1) is 13.1. The van der Waals surface area contributed by atoms with Crippen LogP contribution in [0.25, 0.3) is 0 Å². The van der Waals surface area contributed by atoms with Crippen molar-refractivity contribution in [2.75, 3.05) is 13.7 Å². The molecule has 0 aliphatic heterocycles. The van der Waals surface area contributed by atoms with Crippen LogP contribution in [0.5, 0.6) is 11.5 Å². The molecular formula is C21H26Cl3NO2. The molecule has 0 saturated carbocycles. The van der Waals surface area contributed by atoms with Crippen LogP contribution in [-0.4, -0.2) is 13.7 Å². The standard InChI is InChI=1S/C21H26Cl3NO2/c1-3-4-5-6-10-25-13-15-11-19(24)21(20(12-15)26-2)27-14-16-17(22)8-7-9-18(16)23/h7-9,11-12,25H,3-6,10,13-14H2,1-2H3. The van der Waals surface area contributed by atoms with Crippen LogP contribution in [-0.2, 0) is 13.2 Å². The first-order valence-corrected chi connectivity index (χ1v) is 10.3. The van der Waals surface area contributed by atoms with E-state index in [1.165, 1.54) is 25.7 Å². The summed E-state index contributed by atoms with van der Waals surface area (Å²) in [5.74, 6) is 1.08. The molecule has 0 fully saturated rings. The Labute approximate surface area is 176 Å². The van der Waals surface area contributed by atoms with E-state index < -0.39 is 0 Å². The summed E-state index contributed by atoms with van der Waals surface area (Å²) in [6, 6.07) is 9.19. The second-order valence-electron chi connectivity index (χ2n) is 6.34. The Hall–Kier alpha value is -1.13.